The van der Waals surface area contributed by atoms with Crippen LogP contribution in [0.4, 0.5) is 5.69 Å². The SMILES string of the molecule is COCc1ccccc1NC(N)=NCCS(=O)(=O)c1ccc(C(C)(C)C)cc1.I. The number of nitrogens with zero attached hydrogens (tertiary/aromatic N) is 1. The molecule has 0 aliphatic carbocycles. The van der Waals surface area contributed by atoms with Crippen LogP contribution in [0.25, 0.3) is 0 Å². The standard InChI is InChI=1S/C21H29N3O3S.HI/c1-21(2,3)17-9-11-18(12-10-17)28(25,26)14-13-23-20(22)24-19-8-6-5-7-16(19)15-27-4;/h5-12H,13-15H2,1-4H3,(H3,22,23,24);1H. The number of benzene rings is 2. The van der Waals surface area contributed by atoms with Gasteiger partial charge in [-0.3, -0.25) is 4.99 Å². The largest absolute Gasteiger partial charge is 0.380 e. The van der Waals surface area contributed by atoms with Crippen LogP contribution in [0.2, 0.25) is 0 Å². The molecule has 2 aromatic carbocycles. The van der Waals surface area contributed by atoms with E-state index < -0.39 is 9.84 Å². The van der Waals surface area contributed by atoms with Gasteiger partial charge in [0.05, 0.1) is 23.8 Å². The number of nitrogens with two attached hydrogens (primary N) is 1. The first-order valence-electron chi connectivity index (χ1n) is 9.10. The molecular weight excluding hydrogens is 501 g/mol. The predicted octanol–water partition coefficient (Wildman–Crippen LogP) is 3.95. The third-order valence-electron chi connectivity index (χ3n) is 4.30. The summed E-state index contributed by atoms with van der Waals surface area (Å²) in [6, 6.07) is 14.6. The number of hydrogen-bond acceptors (Lipinski definition) is 4. The zero-order chi connectivity index (χ0) is 20.8. The van der Waals surface area contributed by atoms with Gasteiger partial charge < -0.3 is 15.8 Å². The van der Waals surface area contributed by atoms with Gasteiger partial charge in [-0.25, -0.2) is 8.42 Å². The zero-order valence-corrected chi connectivity index (χ0v) is 20.5. The topological polar surface area (TPSA) is 93.8 Å². The molecule has 0 unspecified atom stereocenters. The fraction of sp³-hybridized carbons (Fsp3) is 0.381. The number of anilines is 1. The van der Waals surface area contributed by atoms with Crippen molar-refractivity contribution in [3.05, 3.63) is 59.7 Å². The van der Waals surface area contributed by atoms with Crippen molar-refractivity contribution in [3.8, 4) is 0 Å². The van der Waals surface area contributed by atoms with E-state index in [1.54, 1.807) is 19.2 Å². The number of para-hydroxylation sites is 1. The Balaban J connectivity index is 0.00000420. The first-order chi connectivity index (χ1) is 13.1. The van der Waals surface area contributed by atoms with Crippen molar-refractivity contribution in [1.29, 1.82) is 0 Å². The van der Waals surface area contributed by atoms with E-state index in [0.29, 0.717) is 11.5 Å². The molecule has 3 N–H and O–H groups in total. The molecule has 0 aromatic heterocycles. The Labute approximate surface area is 190 Å². The first kappa shape index (κ1) is 25.4. The average Bonchev–Trinajstić information content (AvgIpc) is 2.63. The van der Waals surface area contributed by atoms with Gasteiger partial charge in [-0.1, -0.05) is 51.1 Å². The second-order valence-electron chi connectivity index (χ2n) is 7.58. The summed E-state index contributed by atoms with van der Waals surface area (Å²) in [5.41, 5.74) is 8.70. The maximum atomic E-state index is 12.5. The Morgan fingerprint density at radius 1 is 1.10 bits per heavy atom. The molecule has 0 amide bonds. The number of aliphatic imine (C=N–C) groups is 1. The maximum Gasteiger partial charge on any atom is 0.193 e. The summed E-state index contributed by atoms with van der Waals surface area (Å²) >= 11 is 0. The van der Waals surface area contributed by atoms with E-state index >= 15 is 0 Å². The van der Waals surface area contributed by atoms with Crippen LogP contribution in [-0.4, -0.2) is 33.8 Å². The third kappa shape index (κ3) is 7.60. The van der Waals surface area contributed by atoms with Gasteiger partial charge >= 0.3 is 0 Å². The summed E-state index contributed by atoms with van der Waals surface area (Å²) in [6.07, 6.45) is 0. The molecule has 0 aliphatic rings. The molecule has 0 spiro atoms. The first-order valence-corrected chi connectivity index (χ1v) is 10.8. The Hall–Kier alpha value is -1.65. The molecule has 2 aromatic rings. The zero-order valence-electron chi connectivity index (χ0n) is 17.3. The minimum atomic E-state index is -3.42. The van der Waals surface area contributed by atoms with Crippen molar-refractivity contribution < 1.29 is 13.2 Å². The van der Waals surface area contributed by atoms with E-state index in [1.807, 2.05) is 36.4 Å². The van der Waals surface area contributed by atoms with Gasteiger partial charge in [-0.15, -0.1) is 24.0 Å². The van der Waals surface area contributed by atoms with E-state index in [0.717, 1.165) is 16.8 Å². The third-order valence-corrected chi connectivity index (χ3v) is 6.01. The molecule has 0 aliphatic heterocycles. The smallest absolute Gasteiger partial charge is 0.193 e. The number of methoxy groups -OCH3 is 1. The average molecular weight is 531 g/mol. The number of rotatable bonds is 7. The fourth-order valence-corrected chi connectivity index (χ4v) is 3.79. The molecule has 0 saturated heterocycles. The minimum absolute atomic E-state index is 0. The molecule has 160 valence electrons. The molecule has 0 heterocycles. The highest BCUT2D eigenvalue weighted by atomic mass is 127. The number of nitrogens with one attached hydrogen (secondary N) is 1. The highest BCUT2D eigenvalue weighted by Gasteiger charge is 2.17. The van der Waals surface area contributed by atoms with Gasteiger partial charge in [-0.05, 0) is 29.2 Å². The number of halogens is 1. The molecule has 6 nitrogen and oxygen atoms in total. The summed E-state index contributed by atoms with van der Waals surface area (Å²) in [5, 5.41) is 3.00. The Morgan fingerprint density at radius 3 is 2.31 bits per heavy atom. The molecule has 8 heteroatoms. The maximum absolute atomic E-state index is 12.5. The molecule has 0 fully saturated rings. The lowest BCUT2D eigenvalue weighted by Gasteiger charge is -2.19. The van der Waals surface area contributed by atoms with E-state index in [1.165, 1.54) is 0 Å². The van der Waals surface area contributed by atoms with Crippen LogP contribution < -0.4 is 11.1 Å². The van der Waals surface area contributed by atoms with Crippen molar-refractivity contribution in [3.63, 3.8) is 0 Å². The number of sulfone groups is 1. The Bertz CT molecular complexity index is 921. The highest BCUT2D eigenvalue weighted by molar-refractivity contribution is 14.0. The Morgan fingerprint density at radius 2 is 1.72 bits per heavy atom. The molecular formula is C21H30IN3O3S. The molecule has 0 bridgehead atoms. The van der Waals surface area contributed by atoms with E-state index in [2.05, 4.69) is 31.1 Å². The summed E-state index contributed by atoms with van der Waals surface area (Å²) in [4.78, 5) is 4.45. The van der Waals surface area contributed by atoms with E-state index in [-0.39, 0.29) is 47.6 Å². The molecule has 2 rings (SSSR count). The number of guanidine groups is 1. The lowest BCUT2D eigenvalue weighted by Crippen LogP contribution is -2.24. The lowest BCUT2D eigenvalue weighted by molar-refractivity contribution is 0.185. The van der Waals surface area contributed by atoms with Crippen LogP contribution in [-0.2, 0) is 26.6 Å². The second-order valence-corrected chi connectivity index (χ2v) is 9.68. The van der Waals surface area contributed by atoms with Gasteiger partial charge in [0.2, 0.25) is 0 Å². The van der Waals surface area contributed by atoms with Crippen molar-refractivity contribution in [1.82, 2.24) is 0 Å². The van der Waals surface area contributed by atoms with Crippen LogP contribution in [0.1, 0.15) is 31.9 Å². The monoisotopic (exact) mass is 531 g/mol. The van der Waals surface area contributed by atoms with E-state index in [4.69, 9.17) is 10.5 Å². The second kappa shape index (κ2) is 10.9. The highest BCUT2D eigenvalue weighted by Crippen LogP contribution is 2.23. The number of hydrogen-bond donors (Lipinski definition) is 2. The number of ether oxygens (including phenoxy) is 1. The van der Waals surface area contributed by atoms with Crippen molar-refractivity contribution in [2.75, 3.05) is 24.7 Å². The van der Waals surface area contributed by atoms with Crippen LogP contribution in [0, 0.1) is 0 Å². The molecule has 0 radical (unpaired) electrons. The van der Waals surface area contributed by atoms with Gasteiger partial charge in [0.15, 0.2) is 15.8 Å². The van der Waals surface area contributed by atoms with Crippen LogP contribution in [0.3, 0.4) is 0 Å². The van der Waals surface area contributed by atoms with Crippen LogP contribution in [0.5, 0.6) is 0 Å². The summed E-state index contributed by atoms with van der Waals surface area (Å²) in [5.74, 6) is 0.0612. The quantitative estimate of drug-likeness (QED) is 0.321. The predicted molar refractivity (Wildman–Crippen MR) is 130 cm³/mol. The van der Waals surface area contributed by atoms with Gasteiger partial charge in [0.25, 0.3) is 0 Å². The fourth-order valence-electron chi connectivity index (χ4n) is 2.67. The Kier molecular flexibility index (Phi) is 9.57. The molecule has 0 saturated carbocycles. The van der Waals surface area contributed by atoms with Crippen molar-refractivity contribution in [2.45, 2.75) is 37.7 Å². The van der Waals surface area contributed by atoms with E-state index in [9.17, 15) is 8.42 Å². The molecule has 29 heavy (non-hydrogen) atoms. The van der Waals surface area contributed by atoms with Gasteiger partial charge in [0, 0.05) is 18.4 Å². The van der Waals surface area contributed by atoms with Crippen LogP contribution >= 0.6 is 24.0 Å². The van der Waals surface area contributed by atoms with Crippen LogP contribution in [0.15, 0.2) is 58.4 Å². The van der Waals surface area contributed by atoms with Gasteiger partial charge in [0.1, 0.15) is 0 Å². The lowest BCUT2D eigenvalue weighted by atomic mass is 9.87. The van der Waals surface area contributed by atoms with Crippen molar-refractivity contribution >= 4 is 45.5 Å². The summed E-state index contributed by atoms with van der Waals surface area (Å²) in [7, 11) is -1.80. The summed E-state index contributed by atoms with van der Waals surface area (Å²) < 4.78 is 30.2. The summed E-state index contributed by atoms with van der Waals surface area (Å²) in [6.45, 7) is 6.79. The molecule has 0 atom stereocenters. The van der Waals surface area contributed by atoms with Gasteiger partial charge in [-0.2, -0.15) is 0 Å². The minimum Gasteiger partial charge on any atom is -0.380 e. The normalized spacial score (nSPS) is 12.3. The van der Waals surface area contributed by atoms with Crippen molar-refractivity contribution in [2.24, 2.45) is 10.7 Å².